The topological polar surface area (TPSA) is 81.4 Å². The van der Waals surface area contributed by atoms with Crippen molar-refractivity contribution in [3.63, 3.8) is 0 Å². The van der Waals surface area contributed by atoms with Gasteiger partial charge in [0.25, 0.3) is 0 Å². The molecule has 0 radical (unpaired) electrons. The summed E-state index contributed by atoms with van der Waals surface area (Å²) < 4.78 is 1.60. The van der Waals surface area contributed by atoms with Crippen molar-refractivity contribution >= 4 is 29.0 Å². The molecular weight excluding hydrogens is 253 g/mol. The fourth-order valence-electron chi connectivity index (χ4n) is 1.03. The fourth-order valence-corrected chi connectivity index (χ4v) is 1.30. The van der Waals surface area contributed by atoms with Crippen molar-refractivity contribution in [2.75, 3.05) is 5.32 Å². The van der Waals surface area contributed by atoms with E-state index in [0.717, 1.165) is 0 Å². The molecule has 0 atom stereocenters. The molecule has 1 N–H and O–H groups in total. The van der Waals surface area contributed by atoms with E-state index in [2.05, 4.69) is 30.6 Å². The van der Waals surface area contributed by atoms with Crippen LogP contribution in [0, 0.1) is 0 Å². The van der Waals surface area contributed by atoms with Gasteiger partial charge in [0.15, 0.2) is 16.8 Å². The lowest BCUT2D eigenvalue weighted by atomic mass is 10.5. The zero-order valence-electron chi connectivity index (χ0n) is 8.22. The number of hydrogen-bond donors (Lipinski definition) is 1. The summed E-state index contributed by atoms with van der Waals surface area (Å²) in [5, 5.41) is 14.3. The lowest BCUT2D eigenvalue weighted by Gasteiger charge is -2.03. The Balaban J connectivity index is 2.07. The minimum Gasteiger partial charge on any atom is -0.360 e. The third-order valence-corrected chi connectivity index (χ3v) is 2.10. The van der Waals surface area contributed by atoms with E-state index in [-0.39, 0.29) is 10.4 Å². The number of nitrogens with zero attached hydrogens (tertiary/aromatic N) is 6. The first kappa shape index (κ1) is 11.0. The first-order valence-corrected chi connectivity index (χ1v) is 5.05. The standard InChI is InChI=1S/C7H7Cl2N7/c1-16-3-11-4(15-16)2-10-6-5(8)13-14-7(9)12-6/h3H,2H2,1H3,(H,10,12,14). The smallest absolute Gasteiger partial charge is 0.245 e. The average molecular weight is 260 g/mol. The van der Waals surface area contributed by atoms with Gasteiger partial charge in [-0.2, -0.15) is 10.1 Å². The summed E-state index contributed by atoms with van der Waals surface area (Å²) in [6.07, 6.45) is 1.60. The monoisotopic (exact) mass is 259 g/mol. The Hall–Kier alpha value is -1.47. The van der Waals surface area contributed by atoms with E-state index in [9.17, 15) is 0 Å². The van der Waals surface area contributed by atoms with Crippen molar-refractivity contribution in [2.45, 2.75) is 6.54 Å². The minimum atomic E-state index is 0.0286. The third-order valence-electron chi connectivity index (χ3n) is 1.68. The van der Waals surface area contributed by atoms with Gasteiger partial charge in [-0.1, -0.05) is 11.6 Å². The highest BCUT2D eigenvalue weighted by molar-refractivity contribution is 6.32. The van der Waals surface area contributed by atoms with Crippen molar-refractivity contribution in [1.29, 1.82) is 0 Å². The van der Waals surface area contributed by atoms with E-state index in [1.807, 2.05) is 0 Å². The molecule has 2 aromatic heterocycles. The van der Waals surface area contributed by atoms with Gasteiger partial charge in [-0.25, -0.2) is 4.98 Å². The highest BCUT2D eigenvalue weighted by Gasteiger charge is 2.06. The quantitative estimate of drug-likeness (QED) is 0.883. The number of hydrogen-bond acceptors (Lipinski definition) is 6. The van der Waals surface area contributed by atoms with Crippen LogP contribution in [-0.4, -0.2) is 29.9 Å². The molecule has 0 aromatic carbocycles. The molecule has 0 saturated carbocycles. The van der Waals surface area contributed by atoms with Crippen LogP contribution in [-0.2, 0) is 13.6 Å². The molecule has 2 aromatic rings. The van der Waals surface area contributed by atoms with Gasteiger partial charge in [0.2, 0.25) is 5.28 Å². The molecular formula is C7H7Cl2N7. The minimum absolute atomic E-state index is 0.0286. The van der Waals surface area contributed by atoms with E-state index in [4.69, 9.17) is 23.2 Å². The second-order valence-corrected chi connectivity index (χ2v) is 3.60. The molecule has 0 unspecified atom stereocenters. The van der Waals surface area contributed by atoms with Crippen molar-refractivity contribution in [3.8, 4) is 0 Å². The Bertz CT molecular complexity index is 497. The van der Waals surface area contributed by atoms with Crippen LogP contribution in [0.15, 0.2) is 6.33 Å². The Kier molecular flexibility index (Phi) is 3.16. The summed E-state index contributed by atoms with van der Waals surface area (Å²) in [5.41, 5.74) is 0. The van der Waals surface area contributed by atoms with Gasteiger partial charge in [-0.15, -0.1) is 10.2 Å². The first-order valence-electron chi connectivity index (χ1n) is 4.29. The average Bonchev–Trinajstić information content (AvgIpc) is 2.66. The molecule has 0 aliphatic heterocycles. The predicted octanol–water partition coefficient (Wildman–Crippen LogP) is 0.919. The lowest BCUT2D eigenvalue weighted by Crippen LogP contribution is -2.06. The van der Waals surface area contributed by atoms with Crippen molar-refractivity contribution in [1.82, 2.24) is 29.9 Å². The largest absolute Gasteiger partial charge is 0.360 e. The van der Waals surface area contributed by atoms with E-state index >= 15 is 0 Å². The molecule has 7 nitrogen and oxygen atoms in total. The second-order valence-electron chi connectivity index (χ2n) is 2.91. The van der Waals surface area contributed by atoms with Crippen LogP contribution in [0.2, 0.25) is 10.4 Å². The Labute approximate surface area is 101 Å². The summed E-state index contributed by atoms with van der Waals surface area (Å²) in [7, 11) is 1.78. The van der Waals surface area contributed by atoms with Crippen LogP contribution >= 0.6 is 23.2 Å². The Morgan fingerprint density at radius 3 is 2.88 bits per heavy atom. The van der Waals surface area contributed by atoms with E-state index in [1.54, 1.807) is 18.1 Å². The number of anilines is 1. The third kappa shape index (κ3) is 2.56. The summed E-state index contributed by atoms with van der Waals surface area (Å²) in [4.78, 5) is 7.91. The van der Waals surface area contributed by atoms with Crippen LogP contribution in [0.1, 0.15) is 5.82 Å². The van der Waals surface area contributed by atoms with Gasteiger partial charge in [0.1, 0.15) is 6.33 Å². The predicted molar refractivity (Wildman–Crippen MR) is 58.2 cm³/mol. The normalized spacial score (nSPS) is 10.4. The molecule has 9 heteroatoms. The van der Waals surface area contributed by atoms with E-state index in [0.29, 0.717) is 18.2 Å². The van der Waals surface area contributed by atoms with Gasteiger partial charge in [0, 0.05) is 7.05 Å². The zero-order valence-corrected chi connectivity index (χ0v) is 9.74. The Morgan fingerprint density at radius 2 is 2.19 bits per heavy atom. The molecule has 0 amide bonds. The molecule has 0 saturated heterocycles. The van der Waals surface area contributed by atoms with Gasteiger partial charge in [0.05, 0.1) is 6.54 Å². The maximum atomic E-state index is 5.76. The molecule has 0 aliphatic rings. The zero-order chi connectivity index (χ0) is 11.5. The summed E-state index contributed by atoms with van der Waals surface area (Å²) >= 11 is 11.3. The molecule has 0 spiro atoms. The number of nitrogens with one attached hydrogen (secondary N) is 1. The van der Waals surface area contributed by atoms with E-state index < -0.39 is 0 Å². The van der Waals surface area contributed by atoms with Crippen LogP contribution in [0.25, 0.3) is 0 Å². The number of rotatable bonds is 3. The van der Waals surface area contributed by atoms with Gasteiger partial charge >= 0.3 is 0 Å². The van der Waals surface area contributed by atoms with Crippen LogP contribution in [0.3, 0.4) is 0 Å². The highest BCUT2D eigenvalue weighted by Crippen LogP contribution is 2.16. The summed E-state index contributed by atoms with van der Waals surface area (Å²) in [6.45, 7) is 0.385. The fraction of sp³-hybridized carbons (Fsp3) is 0.286. The number of aryl methyl sites for hydroxylation is 1. The molecule has 2 heterocycles. The highest BCUT2D eigenvalue weighted by atomic mass is 35.5. The van der Waals surface area contributed by atoms with Gasteiger partial charge in [-0.05, 0) is 11.6 Å². The van der Waals surface area contributed by atoms with Crippen LogP contribution in [0.5, 0.6) is 0 Å². The molecule has 16 heavy (non-hydrogen) atoms. The van der Waals surface area contributed by atoms with Gasteiger partial charge < -0.3 is 5.32 Å². The Morgan fingerprint density at radius 1 is 1.38 bits per heavy atom. The molecule has 0 fully saturated rings. The van der Waals surface area contributed by atoms with Crippen LogP contribution < -0.4 is 5.32 Å². The number of aromatic nitrogens is 6. The maximum absolute atomic E-state index is 5.76. The lowest BCUT2D eigenvalue weighted by molar-refractivity contribution is 0.746. The van der Waals surface area contributed by atoms with Crippen molar-refractivity contribution in [3.05, 3.63) is 22.6 Å². The first-order chi connectivity index (χ1) is 7.65. The molecule has 0 aliphatic carbocycles. The van der Waals surface area contributed by atoms with Crippen molar-refractivity contribution < 1.29 is 0 Å². The van der Waals surface area contributed by atoms with Crippen LogP contribution in [0.4, 0.5) is 5.82 Å². The molecule has 2 rings (SSSR count). The SMILES string of the molecule is Cn1cnc(CNc2nc(Cl)nnc2Cl)n1. The second kappa shape index (κ2) is 4.58. The molecule has 84 valence electrons. The van der Waals surface area contributed by atoms with Gasteiger partial charge in [-0.3, -0.25) is 4.68 Å². The number of halogens is 2. The van der Waals surface area contributed by atoms with Crippen molar-refractivity contribution in [2.24, 2.45) is 7.05 Å². The molecule has 0 bridgehead atoms. The van der Waals surface area contributed by atoms with E-state index in [1.165, 1.54) is 0 Å². The summed E-state index contributed by atoms with van der Waals surface area (Å²) in [6, 6.07) is 0. The maximum Gasteiger partial charge on any atom is 0.245 e. The summed E-state index contributed by atoms with van der Waals surface area (Å²) in [5.74, 6) is 0.974.